The summed E-state index contributed by atoms with van der Waals surface area (Å²) in [6.07, 6.45) is 0. The van der Waals surface area contributed by atoms with Gasteiger partial charge in [-0.15, -0.1) is 0 Å². The molecule has 6 heteroatoms. The van der Waals surface area contributed by atoms with Crippen molar-refractivity contribution in [2.75, 3.05) is 29.5 Å². The molecule has 0 heterocycles. The Morgan fingerprint density at radius 3 is 1.55 bits per heavy atom. The number of nitrogens with zero attached hydrogens (tertiary/aromatic N) is 1. The molecular formula is C16H24N6. The van der Waals surface area contributed by atoms with E-state index in [0.29, 0.717) is 37.6 Å². The fraction of sp³-hybridized carbons (Fsp3) is 0.250. The Kier molecular flexibility index (Phi) is 5.21. The number of nitrogen functional groups attached to an aromatic ring is 2. The molecule has 6 nitrogen and oxygen atoms in total. The summed E-state index contributed by atoms with van der Waals surface area (Å²) in [5.41, 5.74) is 34.3. The summed E-state index contributed by atoms with van der Waals surface area (Å²) in [7, 11) is 0. The fourth-order valence-corrected chi connectivity index (χ4v) is 2.41. The van der Waals surface area contributed by atoms with Crippen LogP contribution in [0.3, 0.4) is 0 Å². The number of anilines is 4. The summed E-state index contributed by atoms with van der Waals surface area (Å²) < 4.78 is 0. The lowest BCUT2D eigenvalue weighted by Gasteiger charge is -2.26. The van der Waals surface area contributed by atoms with Gasteiger partial charge in [0.05, 0.1) is 0 Å². The van der Waals surface area contributed by atoms with Gasteiger partial charge in [0.15, 0.2) is 0 Å². The molecule has 0 radical (unpaired) electrons. The Bertz CT molecular complexity index is 587. The summed E-state index contributed by atoms with van der Waals surface area (Å²) in [5.74, 6) is 0. The van der Waals surface area contributed by atoms with Crippen molar-refractivity contribution in [1.29, 1.82) is 0 Å². The first kappa shape index (κ1) is 16.1. The highest BCUT2D eigenvalue weighted by Crippen LogP contribution is 2.29. The maximum absolute atomic E-state index is 5.92. The van der Waals surface area contributed by atoms with E-state index in [0.717, 1.165) is 22.5 Å². The van der Waals surface area contributed by atoms with Crippen molar-refractivity contribution < 1.29 is 0 Å². The summed E-state index contributed by atoms with van der Waals surface area (Å²) in [6, 6.07) is 11.6. The van der Waals surface area contributed by atoms with Gasteiger partial charge in [-0.2, -0.15) is 0 Å². The molecular weight excluding hydrogens is 276 g/mol. The van der Waals surface area contributed by atoms with Crippen molar-refractivity contribution in [2.45, 2.75) is 13.1 Å². The molecule has 2 aromatic carbocycles. The van der Waals surface area contributed by atoms with Crippen LogP contribution in [0.5, 0.6) is 0 Å². The first-order chi connectivity index (χ1) is 10.6. The summed E-state index contributed by atoms with van der Waals surface area (Å²) >= 11 is 0. The van der Waals surface area contributed by atoms with Crippen molar-refractivity contribution in [2.24, 2.45) is 17.2 Å². The van der Waals surface area contributed by atoms with Crippen LogP contribution >= 0.6 is 0 Å². The third-order valence-corrected chi connectivity index (χ3v) is 3.67. The highest BCUT2D eigenvalue weighted by atomic mass is 15.1. The second kappa shape index (κ2) is 7.13. The zero-order chi connectivity index (χ0) is 16.1. The van der Waals surface area contributed by atoms with Crippen LogP contribution in [0.1, 0.15) is 11.1 Å². The molecule has 0 fully saturated rings. The van der Waals surface area contributed by atoms with E-state index in [-0.39, 0.29) is 0 Å². The molecule has 0 unspecified atom stereocenters. The van der Waals surface area contributed by atoms with Gasteiger partial charge in [0.25, 0.3) is 0 Å². The van der Waals surface area contributed by atoms with Gasteiger partial charge >= 0.3 is 0 Å². The summed E-state index contributed by atoms with van der Waals surface area (Å²) in [5, 5.41) is 0. The van der Waals surface area contributed by atoms with Crippen molar-refractivity contribution in [3.05, 3.63) is 47.5 Å². The summed E-state index contributed by atoms with van der Waals surface area (Å²) in [4.78, 5) is 2.11. The Hall–Kier alpha value is -2.28. The molecule has 0 saturated heterocycles. The fourth-order valence-electron chi connectivity index (χ4n) is 2.41. The standard InChI is InChI=1S/C16H24N6/c17-5-6-22(13-1-3-15(20)11(7-13)9-18)14-2-4-16(21)12(8-14)10-19/h1-4,7-8H,5-6,9-10,17-21H2. The van der Waals surface area contributed by atoms with E-state index < -0.39 is 0 Å². The van der Waals surface area contributed by atoms with E-state index in [9.17, 15) is 0 Å². The van der Waals surface area contributed by atoms with E-state index in [1.807, 2.05) is 36.4 Å². The molecule has 2 rings (SSSR count). The quantitative estimate of drug-likeness (QED) is 0.502. The second-order valence-electron chi connectivity index (χ2n) is 5.11. The molecule has 0 bridgehead atoms. The van der Waals surface area contributed by atoms with E-state index in [4.69, 9.17) is 28.7 Å². The molecule has 0 amide bonds. The highest BCUT2D eigenvalue weighted by Gasteiger charge is 2.12. The van der Waals surface area contributed by atoms with Crippen LogP contribution in [0.4, 0.5) is 22.7 Å². The monoisotopic (exact) mass is 300 g/mol. The Balaban J connectivity index is 2.45. The van der Waals surface area contributed by atoms with E-state index >= 15 is 0 Å². The third kappa shape index (κ3) is 3.30. The van der Waals surface area contributed by atoms with Crippen LogP contribution in [0, 0.1) is 0 Å². The molecule has 0 spiro atoms. The van der Waals surface area contributed by atoms with Gasteiger partial charge in [-0.25, -0.2) is 0 Å². The van der Waals surface area contributed by atoms with Gasteiger partial charge in [-0.05, 0) is 47.5 Å². The van der Waals surface area contributed by atoms with Crippen LogP contribution in [-0.2, 0) is 13.1 Å². The average molecular weight is 300 g/mol. The van der Waals surface area contributed by atoms with Crippen LogP contribution in [0.15, 0.2) is 36.4 Å². The minimum atomic E-state index is 0.395. The largest absolute Gasteiger partial charge is 0.398 e. The Morgan fingerprint density at radius 2 is 1.18 bits per heavy atom. The van der Waals surface area contributed by atoms with Crippen molar-refractivity contribution in [1.82, 2.24) is 0 Å². The molecule has 0 atom stereocenters. The predicted octanol–water partition coefficient (Wildman–Crippen LogP) is 0.865. The normalized spacial score (nSPS) is 10.7. The lowest BCUT2D eigenvalue weighted by molar-refractivity contribution is 0.917. The van der Waals surface area contributed by atoms with Gasteiger partial charge in [0.1, 0.15) is 0 Å². The maximum Gasteiger partial charge on any atom is 0.0415 e. The average Bonchev–Trinajstić information content (AvgIpc) is 2.54. The molecule has 10 N–H and O–H groups in total. The third-order valence-electron chi connectivity index (χ3n) is 3.67. The maximum atomic E-state index is 5.92. The predicted molar refractivity (Wildman–Crippen MR) is 93.6 cm³/mol. The zero-order valence-electron chi connectivity index (χ0n) is 12.6. The molecule has 0 aliphatic heterocycles. The Morgan fingerprint density at radius 1 is 0.727 bits per heavy atom. The highest BCUT2D eigenvalue weighted by molar-refractivity contribution is 5.69. The minimum Gasteiger partial charge on any atom is -0.398 e. The Labute approximate surface area is 130 Å². The first-order valence-corrected chi connectivity index (χ1v) is 7.25. The van der Waals surface area contributed by atoms with E-state index in [1.54, 1.807) is 0 Å². The lowest BCUT2D eigenvalue weighted by Crippen LogP contribution is -2.25. The van der Waals surface area contributed by atoms with Crippen LogP contribution in [0.25, 0.3) is 0 Å². The lowest BCUT2D eigenvalue weighted by atomic mass is 10.1. The van der Waals surface area contributed by atoms with Gasteiger partial charge in [-0.1, -0.05) is 0 Å². The van der Waals surface area contributed by atoms with Crippen molar-refractivity contribution in [3.63, 3.8) is 0 Å². The van der Waals surface area contributed by atoms with E-state index in [1.165, 1.54) is 0 Å². The number of hydrogen-bond donors (Lipinski definition) is 5. The van der Waals surface area contributed by atoms with Crippen molar-refractivity contribution in [3.8, 4) is 0 Å². The molecule has 0 saturated carbocycles. The molecule has 118 valence electrons. The minimum absolute atomic E-state index is 0.395. The SMILES string of the molecule is NCCN(c1ccc(N)c(CN)c1)c1ccc(N)c(CN)c1. The molecule has 0 aromatic heterocycles. The number of nitrogens with two attached hydrogens (primary N) is 5. The smallest absolute Gasteiger partial charge is 0.0415 e. The molecule has 0 aliphatic rings. The number of benzene rings is 2. The van der Waals surface area contributed by atoms with Gasteiger partial charge in [0.2, 0.25) is 0 Å². The van der Waals surface area contributed by atoms with Gasteiger partial charge in [-0.3, -0.25) is 0 Å². The summed E-state index contributed by atoms with van der Waals surface area (Å²) in [6.45, 7) is 1.98. The van der Waals surface area contributed by atoms with Gasteiger partial charge < -0.3 is 33.6 Å². The van der Waals surface area contributed by atoms with Gasteiger partial charge in [0, 0.05) is 48.9 Å². The number of rotatable bonds is 6. The zero-order valence-corrected chi connectivity index (χ0v) is 12.6. The second-order valence-corrected chi connectivity index (χ2v) is 5.11. The number of hydrogen-bond acceptors (Lipinski definition) is 6. The molecule has 22 heavy (non-hydrogen) atoms. The van der Waals surface area contributed by atoms with Crippen LogP contribution < -0.4 is 33.6 Å². The van der Waals surface area contributed by atoms with E-state index in [2.05, 4.69) is 4.90 Å². The first-order valence-electron chi connectivity index (χ1n) is 7.25. The molecule has 2 aromatic rings. The van der Waals surface area contributed by atoms with Crippen LogP contribution in [-0.4, -0.2) is 13.1 Å². The topological polar surface area (TPSA) is 133 Å². The molecule has 0 aliphatic carbocycles. The van der Waals surface area contributed by atoms with Crippen molar-refractivity contribution >= 4 is 22.7 Å². The van der Waals surface area contributed by atoms with Crippen LogP contribution in [0.2, 0.25) is 0 Å².